The van der Waals surface area contributed by atoms with Crippen molar-refractivity contribution >= 4 is 16.7 Å². The van der Waals surface area contributed by atoms with Crippen LogP contribution in [0.5, 0.6) is 0 Å². The summed E-state index contributed by atoms with van der Waals surface area (Å²) in [6.45, 7) is 0. The van der Waals surface area contributed by atoms with Gasteiger partial charge in [-0.15, -0.1) is 0 Å². The van der Waals surface area contributed by atoms with E-state index < -0.39 is 0 Å². The molecule has 1 heterocycles. The maximum absolute atomic E-state index is 11.9. The number of hydrogen-bond acceptors (Lipinski definition) is 2. The number of rotatable bonds is 3. The van der Waals surface area contributed by atoms with Crippen molar-refractivity contribution in [2.75, 3.05) is 14.1 Å². The molecule has 1 N–H and O–H groups in total. The number of carbonyl (C=O) groups excluding carboxylic acids is 1. The minimum absolute atomic E-state index is 0.0196. The quantitative estimate of drug-likeness (QED) is 0.629. The SMILES string of the molecule is CN(C)C=CC(=O)c1c[nH]c2ccccc12. The van der Waals surface area contributed by atoms with Crippen LogP contribution in [-0.2, 0) is 0 Å². The van der Waals surface area contributed by atoms with Gasteiger partial charge < -0.3 is 9.88 Å². The van der Waals surface area contributed by atoms with Crippen LogP contribution < -0.4 is 0 Å². The molecule has 0 spiro atoms. The number of hydrogen-bond donors (Lipinski definition) is 1. The third-order valence-corrected chi connectivity index (χ3v) is 2.38. The third kappa shape index (κ3) is 1.98. The van der Waals surface area contributed by atoms with Gasteiger partial charge in [-0.3, -0.25) is 4.79 Å². The average molecular weight is 214 g/mol. The first-order chi connectivity index (χ1) is 7.68. The number of nitrogens with one attached hydrogen (secondary N) is 1. The molecule has 0 aliphatic rings. The van der Waals surface area contributed by atoms with Crippen molar-refractivity contribution in [3.63, 3.8) is 0 Å². The van der Waals surface area contributed by atoms with Gasteiger partial charge in [-0.2, -0.15) is 0 Å². The van der Waals surface area contributed by atoms with Gasteiger partial charge in [0.15, 0.2) is 5.78 Å². The first-order valence-electron chi connectivity index (χ1n) is 5.13. The predicted octanol–water partition coefficient (Wildman–Crippen LogP) is 2.43. The molecule has 3 nitrogen and oxygen atoms in total. The van der Waals surface area contributed by atoms with Gasteiger partial charge in [-0.05, 0) is 6.07 Å². The molecule has 2 aromatic rings. The van der Waals surface area contributed by atoms with Gasteiger partial charge in [-0.25, -0.2) is 0 Å². The topological polar surface area (TPSA) is 36.1 Å². The highest BCUT2D eigenvalue weighted by Gasteiger charge is 2.08. The Morgan fingerprint density at radius 1 is 1.31 bits per heavy atom. The molecule has 0 saturated carbocycles. The number of benzene rings is 1. The number of H-pyrrole nitrogens is 1. The summed E-state index contributed by atoms with van der Waals surface area (Å²) in [6, 6.07) is 7.79. The van der Waals surface area contributed by atoms with E-state index >= 15 is 0 Å². The van der Waals surface area contributed by atoms with E-state index in [1.807, 2.05) is 43.3 Å². The van der Waals surface area contributed by atoms with E-state index in [2.05, 4.69) is 4.98 Å². The Labute approximate surface area is 94.4 Å². The number of ketones is 1. The molecule has 16 heavy (non-hydrogen) atoms. The van der Waals surface area contributed by atoms with Gasteiger partial charge in [-0.1, -0.05) is 18.2 Å². The lowest BCUT2D eigenvalue weighted by Gasteiger charge is -2.02. The first kappa shape index (κ1) is 10.5. The van der Waals surface area contributed by atoms with Gasteiger partial charge in [0.05, 0.1) is 0 Å². The summed E-state index contributed by atoms with van der Waals surface area (Å²) < 4.78 is 0. The van der Waals surface area contributed by atoms with Crippen molar-refractivity contribution in [3.05, 3.63) is 48.3 Å². The van der Waals surface area contributed by atoms with Gasteiger partial charge in [0.1, 0.15) is 0 Å². The van der Waals surface area contributed by atoms with Gasteiger partial charge in [0, 0.05) is 49.0 Å². The summed E-state index contributed by atoms with van der Waals surface area (Å²) in [6.07, 6.45) is 5.09. The minimum Gasteiger partial charge on any atom is -0.383 e. The van der Waals surface area contributed by atoms with Crippen LogP contribution in [0.4, 0.5) is 0 Å². The normalized spacial score (nSPS) is 11.1. The highest BCUT2D eigenvalue weighted by Crippen LogP contribution is 2.18. The van der Waals surface area contributed by atoms with Crippen LogP contribution in [-0.4, -0.2) is 29.8 Å². The van der Waals surface area contributed by atoms with Crippen LogP contribution in [0, 0.1) is 0 Å². The fourth-order valence-corrected chi connectivity index (χ4v) is 1.58. The maximum Gasteiger partial charge on any atom is 0.189 e. The standard InChI is InChI=1S/C13H14N2O/c1-15(2)8-7-13(16)11-9-14-12-6-4-3-5-10(11)12/h3-9,14H,1-2H3. The molecule has 0 amide bonds. The lowest BCUT2D eigenvalue weighted by Crippen LogP contribution is -2.02. The van der Waals surface area contributed by atoms with E-state index in [-0.39, 0.29) is 5.78 Å². The number of aromatic nitrogens is 1. The number of aromatic amines is 1. The van der Waals surface area contributed by atoms with E-state index in [9.17, 15) is 4.79 Å². The smallest absolute Gasteiger partial charge is 0.189 e. The van der Waals surface area contributed by atoms with Crippen molar-refractivity contribution in [2.45, 2.75) is 0 Å². The molecule has 0 bridgehead atoms. The molecule has 0 aliphatic carbocycles. The van der Waals surface area contributed by atoms with Crippen molar-refractivity contribution in [1.82, 2.24) is 9.88 Å². The first-order valence-corrected chi connectivity index (χ1v) is 5.13. The molecule has 2 rings (SSSR count). The Kier molecular flexibility index (Phi) is 2.77. The summed E-state index contributed by atoms with van der Waals surface area (Å²) >= 11 is 0. The van der Waals surface area contributed by atoms with Crippen LogP contribution in [0.1, 0.15) is 10.4 Å². The molecule has 82 valence electrons. The van der Waals surface area contributed by atoms with Crippen molar-refractivity contribution in [3.8, 4) is 0 Å². The number of allylic oxidation sites excluding steroid dienone is 1. The number of fused-ring (bicyclic) bond motifs is 1. The van der Waals surface area contributed by atoms with Crippen LogP contribution in [0.25, 0.3) is 10.9 Å². The number of para-hydroxylation sites is 1. The summed E-state index contributed by atoms with van der Waals surface area (Å²) in [5.74, 6) is 0.0196. The molecule has 3 heteroatoms. The third-order valence-electron chi connectivity index (χ3n) is 2.38. The van der Waals surface area contributed by atoms with Gasteiger partial charge in [0.25, 0.3) is 0 Å². The van der Waals surface area contributed by atoms with Crippen molar-refractivity contribution in [2.24, 2.45) is 0 Å². The molecule has 0 fully saturated rings. The molecular formula is C13H14N2O. The molecular weight excluding hydrogens is 200 g/mol. The van der Waals surface area contributed by atoms with Crippen LogP contribution in [0.2, 0.25) is 0 Å². The minimum atomic E-state index is 0.0196. The predicted molar refractivity (Wildman–Crippen MR) is 65.5 cm³/mol. The van der Waals surface area contributed by atoms with Crippen LogP contribution >= 0.6 is 0 Å². The lowest BCUT2D eigenvalue weighted by atomic mass is 10.1. The van der Waals surface area contributed by atoms with Gasteiger partial charge in [0.2, 0.25) is 0 Å². The zero-order valence-electron chi connectivity index (χ0n) is 9.40. The highest BCUT2D eigenvalue weighted by molar-refractivity contribution is 6.13. The highest BCUT2D eigenvalue weighted by atomic mass is 16.1. The summed E-state index contributed by atoms with van der Waals surface area (Å²) in [5.41, 5.74) is 1.71. The van der Waals surface area contributed by atoms with E-state index in [4.69, 9.17) is 0 Å². The summed E-state index contributed by atoms with van der Waals surface area (Å²) in [5, 5.41) is 0.968. The van der Waals surface area contributed by atoms with Crippen molar-refractivity contribution < 1.29 is 4.79 Å². The molecule has 1 aromatic heterocycles. The molecule has 0 saturated heterocycles. The van der Waals surface area contributed by atoms with E-state index in [1.54, 1.807) is 18.5 Å². The average Bonchev–Trinajstić information content (AvgIpc) is 2.69. The van der Waals surface area contributed by atoms with Crippen LogP contribution in [0.3, 0.4) is 0 Å². The Balaban J connectivity index is 2.37. The zero-order valence-corrected chi connectivity index (χ0v) is 9.40. The Morgan fingerprint density at radius 2 is 2.06 bits per heavy atom. The Hall–Kier alpha value is -2.03. The molecule has 0 unspecified atom stereocenters. The zero-order chi connectivity index (χ0) is 11.5. The lowest BCUT2D eigenvalue weighted by molar-refractivity contribution is 0.104. The van der Waals surface area contributed by atoms with E-state index in [0.29, 0.717) is 5.56 Å². The number of nitrogens with zero attached hydrogens (tertiary/aromatic N) is 1. The fraction of sp³-hybridized carbons (Fsp3) is 0.154. The second kappa shape index (κ2) is 4.23. The largest absolute Gasteiger partial charge is 0.383 e. The maximum atomic E-state index is 11.9. The second-order valence-electron chi connectivity index (χ2n) is 3.89. The monoisotopic (exact) mass is 214 g/mol. The van der Waals surface area contributed by atoms with Crippen LogP contribution in [0.15, 0.2) is 42.7 Å². The summed E-state index contributed by atoms with van der Waals surface area (Å²) in [4.78, 5) is 16.8. The summed E-state index contributed by atoms with van der Waals surface area (Å²) in [7, 11) is 3.78. The molecule has 0 atom stereocenters. The fourth-order valence-electron chi connectivity index (χ4n) is 1.58. The molecule has 1 aromatic carbocycles. The Morgan fingerprint density at radius 3 is 2.81 bits per heavy atom. The van der Waals surface area contributed by atoms with Gasteiger partial charge >= 0.3 is 0 Å². The second-order valence-corrected chi connectivity index (χ2v) is 3.89. The Bertz CT molecular complexity index is 538. The number of carbonyl (C=O) groups is 1. The molecule has 0 aliphatic heterocycles. The van der Waals surface area contributed by atoms with E-state index in [1.165, 1.54) is 0 Å². The van der Waals surface area contributed by atoms with Crippen molar-refractivity contribution in [1.29, 1.82) is 0 Å². The molecule has 0 radical (unpaired) electrons. The van der Waals surface area contributed by atoms with E-state index in [0.717, 1.165) is 10.9 Å².